The van der Waals surface area contributed by atoms with Gasteiger partial charge in [-0.1, -0.05) is 32.0 Å². The van der Waals surface area contributed by atoms with Crippen molar-refractivity contribution >= 4 is 28.9 Å². The summed E-state index contributed by atoms with van der Waals surface area (Å²) in [6.45, 7) is 5.21. The summed E-state index contributed by atoms with van der Waals surface area (Å²) in [5, 5.41) is 14.0. The van der Waals surface area contributed by atoms with Crippen LogP contribution in [0.5, 0.6) is 0 Å². The summed E-state index contributed by atoms with van der Waals surface area (Å²) < 4.78 is 5.22. The van der Waals surface area contributed by atoms with Gasteiger partial charge in [0.1, 0.15) is 0 Å². The number of hydrogen-bond donors (Lipinski definition) is 1. The molecule has 0 bridgehead atoms. The molecular formula is C23H27N3O5. The number of carbonyl (C=O) groups is 2. The molecule has 0 saturated carbocycles. The normalized spacial score (nSPS) is 14.2. The Morgan fingerprint density at radius 1 is 1.19 bits per heavy atom. The molecule has 164 valence electrons. The topological polar surface area (TPSA) is 102 Å². The average Bonchev–Trinajstić information content (AvgIpc) is 3.31. The predicted octanol–water partition coefficient (Wildman–Crippen LogP) is 4.50. The molecule has 1 amide bonds. The molecular weight excluding hydrogens is 398 g/mol. The van der Waals surface area contributed by atoms with Gasteiger partial charge in [0.2, 0.25) is 0 Å². The third-order valence-corrected chi connectivity index (χ3v) is 5.57. The fourth-order valence-corrected chi connectivity index (χ4v) is 3.69. The number of non-ortho nitro benzene ring substituents is 1. The molecule has 0 aromatic heterocycles. The van der Waals surface area contributed by atoms with E-state index >= 15 is 0 Å². The van der Waals surface area contributed by atoms with Crippen molar-refractivity contribution in [2.24, 2.45) is 0 Å². The van der Waals surface area contributed by atoms with E-state index in [2.05, 4.69) is 19.2 Å². The van der Waals surface area contributed by atoms with Gasteiger partial charge in [-0.25, -0.2) is 4.79 Å². The highest BCUT2D eigenvalue weighted by atomic mass is 16.6. The highest BCUT2D eigenvalue weighted by Crippen LogP contribution is 2.29. The number of nitro groups is 1. The zero-order valence-electron chi connectivity index (χ0n) is 17.8. The van der Waals surface area contributed by atoms with Crippen LogP contribution in [0.2, 0.25) is 0 Å². The fourth-order valence-electron chi connectivity index (χ4n) is 3.69. The molecule has 8 nitrogen and oxygen atoms in total. The Hall–Kier alpha value is -3.42. The number of anilines is 2. The van der Waals surface area contributed by atoms with Crippen molar-refractivity contribution in [3.05, 3.63) is 63.7 Å². The maximum Gasteiger partial charge on any atom is 0.341 e. The number of nitrogens with one attached hydrogen (secondary N) is 1. The van der Waals surface area contributed by atoms with E-state index in [0.29, 0.717) is 11.4 Å². The minimum Gasteiger partial charge on any atom is -0.452 e. The van der Waals surface area contributed by atoms with E-state index in [0.717, 1.165) is 37.9 Å². The molecule has 1 N–H and O–H groups in total. The molecule has 1 fully saturated rings. The Morgan fingerprint density at radius 2 is 1.90 bits per heavy atom. The van der Waals surface area contributed by atoms with Gasteiger partial charge in [0.25, 0.3) is 11.6 Å². The average molecular weight is 425 g/mol. The highest BCUT2D eigenvalue weighted by molar-refractivity contribution is 5.99. The van der Waals surface area contributed by atoms with Crippen LogP contribution in [0.1, 0.15) is 54.9 Å². The molecule has 2 aromatic rings. The van der Waals surface area contributed by atoms with Crippen LogP contribution in [0, 0.1) is 10.1 Å². The summed E-state index contributed by atoms with van der Waals surface area (Å²) in [4.78, 5) is 37.8. The van der Waals surface area contributed by atoms with Crippen LogP contribution in [-0.4, -0.2) is 36.5 Å². The van der Waals surface area contributed by atoms with Crippen molar-refractivity contribution in [1.29, 1.82) is 0 Å². The second-order valence-electron chi connectivity index (χ2n) is 7.67. The Kier molecular flexibility index (Phi) is 7.23. The summed E-state index contributed by atoms with van der Waals surface area (Å²) in [5.74, 6) is -0.944. The van der Waals surface area contributed by atoms with Crippen LogP contribution in [0.4, 0.5) is 17.1 Å². The minimum atomic E-state index is -0.754. The Labute approximate surface area is 181 Å². The molecule has 2 aromatic carbocycles. The third kappa shape index (κ3) is 5.39. The van der Waals surface area contributed by atoms with Crippen molar-refractivity contribution < 1.29 is 19.2 Å². The summed E-state index contributed by atoms with van der Waals surface area (Å²) in [7, 11) is 0. The molecule has 0 aliphatic carbocycles. The van der Waals surface area contributed by atoms with Crippen molar-refractivity contribution in [2.75, 3.05) is 29.9 Å². The molecule has 8 heteroatoms. The zero-order chi connectivity index (χ0) is 22.4. The van der Waals surface area contributed by atoms with Gasteiger partial charge in [0.15, 0.2) is 6.61 Å². The monoisotopic (exact) mass is 425 g/mol. The molecule has 31 heavy (non-hydrogen) atoms. The van der Waals surface area contributed by atoms with Crippen LogP contribution in [0.3, 0.4) is 0 Å². The molecule has 0 unspecified atom stereocenters. The first-order chi connectivity index (χ1) is 14.9. The SMILES string of the molecule is CC[C@@H](C)c1ccccc1NC(=O)COC(=O)c1cc([N+](=O)[O-])ccc1N1CCCC1. The third-order valence-electron chi connectivity index (χ3n) is 5.57. The van der Waals surface area contributed by atoms with Gasteiger partial charge >= 0.3 is 5.97 Å². The summed E-state index contributed by atoms with van der Waals surface area (Å²) in [6.07, 6.45) is 2.90. The second-order valence-corrected chi connectivity index (χ2v) is 7.67. The predicted molar refractivity (Wildman–Crippen MR) is 119 cm³/mol. The number of benzene rings is 2. The van der Waals surface area contributed by atoms with Gasteiger partial charge in [-0.05, 0) is 42.9 Å². The van der Waals surface area contributed by atoms with Crippen molar-refractivity contribution in [3.63, 3.8) is 0 Å². The molecule has 0 spiro atoms. The fraction of sp³-hybridized carbons (Fsp3) is 0.391. The lowest BCUT2D eigenvalue weighted by atomic mass is 9.97. The summed E-state index contributed by atoms with van der Waals surface area (Å²) in [6, 6.07) is 11.7. The van der Waals surface area contributed by atoms with Crippen LogP contribution < -0.4 is 10.2 Å². The van der Waals surface area contributed by atoms with E-state index in [1.165, 1.54) is 12.1 Å². The number of hydrogen-bond acceptors (Lipinski definition) is 6. The highest BCUT2D eigenvalue weighted by Gasteiger charge is 2.24. The van der Waals surface area contributed by atoms with Crippen molar-refractivity contribution in [1.82, 2.24) is 0 Å². The van der Waals surface area contributed by atoms with Crippen LogP contribution in [-0.2, 0) is 9.53 Å². The molecule has 3 rings (SSSR count). The number of rotatable bonds is 8. The van der Waals surface area contributed by atoms with E-state index in [1.54, 1.807) is 6.07 Å². The van der Waals surface area contributed by atoms with E-state index in [1.807, 2.05) is 29.2 Å². The molecule has 1 aliphatic rings. The Bertz CT molecular complexity index is 969. The summed E-state index contributed by atoms with van der Waals surface area (Å²) >= 11 is 0. The minimum absolute atomic E-state index is 0.101. The number of ether oxygens (including phenoxy) is 1. The molecule has 1 heterocycles. The smallest absolute Gasteiger partial charge is 0.341 e. The van der Waals surface area contributed by atoms with Gasteiger partial charge < -0.3 is 15.0 Å². The number of amides is 1. The van der Waals surface area contributed by atoms with Gasteiger partial charge in [0, 0.05) is 30.9 Å². The molecule has 1 aliphatic heterocycles. The van der Waals surface area contributed by atoms with E-state index in [9.17, 15) is 19.7 Å². The number of para-hydroxylation sites is 1. The van der Waals surface area contributed by atoms with E-state index in [-0.39, 0.29) is 17.2 Å². The Balaban J connectivity index is 1.71. The number of carbonyl (C=O) groups excluding carboxylic acids is 2. The van der Waals surface area contributed by atoms with Crippen LogP contribution in [0.25, 0.3) is 0 Å². The quantitative estimate of drug-likeness (QED) is 0.379. The van der Waals surface area contributed by atoms with Crippen LogP contribution in [0.15, 0.2) is 42.5 Å². The van der Waals surface area contributed by atoms with Gasteiger partial charge in [-0.15, -0.1) is 0 Å². The molecule has 0 radical (unpaired) electrons. The summed E-state index contributed by atoms with van der Waals surface area (Å²) in [5.41, 5.74) is 2.20. The lowest BCUT2D eigenvalue weighted by molar-refractivity contribution is -0.384. The van der Waals surface area contributed by atoms with E-state index in [4.69, 9.17) is 4.74 Å². The first kappa shape index (κ1) is 22.3. The molecule has 1 saturated heterocycles. The number of esters is 1. The van der Waals surface area contributed by atoms with Crippen molar-refractivity contribution in [2.45, 2.75) is 39.0 Å². The van der Waals surface area contributed by atoms with Gasteiger partial charge in [-0.2, -0.15) is 0 Å². The maximum atomic E-state index is 12.7. The number of nitro benzene ring substituents is 1. The van der Waals surface area contributed by atoms with Gasteiger partial charge in [-0.3, -0.25) is 14.9 Å². The molecule has 1 atom stereocenters. The van der Waals surface area contributed by atoms with Gasteiger partial charge in [0.05, 0.1) is 16.2 Å². The maximum absolute atomic E-state index is 12.7. The van der Waals surface area contributed by atoms with Crippen LogP contribution >= 0.6 is 0 Å². The zero-order valence-corrected chi connectivity index (χ0v) is 17.8. The Morgan fingerprint density at radius 3 is 2.58 bits per heavy atom. The lowest BCUT2D eigenvalue weighted by Gasteiger charge is -2.20. The van der Waals surface area contributed by atoms with E-state index < -0.39 is 23.4 Å². The first-order valence-corrected chi connectivity index (χ1v) is 10.5. The first-order valence-electron chi connectivity index (χ1n) is 10.5. The second kappa shape index (κ2) is 10.1. The standard InChI is InChI=1S/C23H27N3O5/c1-3-16(2)18-8-4-5-9-20(18)24-22(27)15-31-23(28)19-14-17(26(29)30)10-11-21(19)25-12-6-7-13-25/h4-5,8-11,14,16H,3,6-7,12-13,15H2,1-2H3,(H,24,27)/t16-/m1/s1. The largest absolute Gasteiger partial charge is 0.452 e. The lowest BCUT2D eigenvalue weighted by Crippen LogP contribution is -2.24. The van der Waals surface area contributed by atoms with Crippen molar-refractivity contribution in [3.8, 4) is 0 Å². The number of nitrogens with zero attached hydrogens (tertiary/aromatic N) is 2.